The number of ether oxygens (including phenoxy) is 3. The van der Waals surface area contributed by atoms with Crippen LogP contribution in [-0.2, 0) is 23.8 Å². The number of hydrogen-bond donors (Lipinski definition) is 1. The second kappa shape index (κ2) is 7.06. The summed E-state index contributed by atoms with van der Waals surface area (Å²) in [5.41, 5.74) is -1.71. The highest BCUT2D eigenvalue weighted by Gasteiger charge is 2.76. The molecule has 0 bridgehead atoms. The largest absolute Gasteiger partial charge is 0.465 e. The van der Waals surface area contributed by atoms with Gasteiger partial charge in [-0.05, 0) is 49.4 Å². The normalized spacial score (nSPS) is 47.8. The summed E-state index contributed by atoms with van der Waals surface area (Å²) in [6, 6.07) is 0. The Hall–Kier alpha value is -0.980. The van der Waals surface area contributed by atoms with Crippen molar-refractivity contribution in [1.29, 1.82) is 0 Å². The van der Waals surface area contributed by atoms with Gasteiger partial charge in [0.15, 0.2) is 0 Å². The quantitative estimate of drug-likeness (QED) is 0.570. The molecular weight excluding hydrogens is 360 g/mol. The minimum atomic E-state index is -0.927. The summed E-state index contributed by atoms with van der Waals surface area (Å²) in [6.45, 7) is 7.93. The first-order chi connectivity index (χ1) is 13.3. The number of carbonyl (C=O) groups excluding carboxylic acids is 2. The zero-order valence-electron chi connectivity index (χ0n) is 17.4. The fourth-order valence-electron chi connectivity index (χ4n) is 6.55. The van der Waals surface area contributed by atoms with Gasteiger partial charge in [0.1, 0.15) is 18.0 Å². The average molecular weight is 395 g/mol. The van der Waals surface area contributed by atoms with Gasteiger partial charge in [-0.3, -0.25) is 9.59 Å². The minimum absolute atomic E-state index is 0.0255. The van der Waals surface area contributed by atoms with E-state index in [0.717, 1.165) is 32.5 Å². The van der Waals surface area contributed by atoms with Crippen LogP contribution in [0.4, 0.5) is 0 Å². The van der Waals surface area contributed by atoms with Crippen LogP contribution in [0.1, 0.15) is 59.3 Å². The van der Waals surface area contributed by atoms with Crippen LogP contribution in [0.15, 0.2) is 0 Å². The first-order valence-electron chi connectivity index (χ1n) is 10.8. The van der Waals surface area contributed by atoms with Crippen LogP contribution in [0.25, 0.3) is 0 Å². The van der Waals surface area contributed by atoms with Crippen molar-refractivity contribution in [2.75, 3.05) is 26.4 Å². The molecule has 2 aliphatic heterocycles. The lowest BCUT2D eigenvalue weighted by molar-refractivity contribution is -0.203. The Morgan fingerprint density at radius 3 is 2.71 bits per heavy atom. The molecule has 2 heterocycles. The average Bonchev–Trinajstić information content (AvgIpc) is 3.23. The number of aliphatic hydroxyl groups is 1. The maximum atomic E-state index is 13.5. The van der Waals surface area contributed by atoms with Gasteiger partial charge in [0.05, 0.1) is 18.1 Å². The fourth-order valence-corrected chi connectivity index (χ4v) is 6.55. The summed E-state index contributed by atoms with van der Waals surface area (Å²) >= 11 is 0. The third kappa shape index (κ3) is 2.94. The molecule has 0 radical (unpaired) electrons. The highest BCUT2D eigenvalue weighted by molar-refractivity contribution is 5.89. The maximum Gasteiger partial charge on any atom is 0.302 e. The second-order valence-corrected chi connectivity index (χ2v) is 9.92. The second-order valence-electron chi connectivity index (χ2n) is 9.92. The molecule has 6 nitrogen and oxygen atoms in total. The lowest BCUT2D eigenvalue weighted by Crippen LogP contribution is -2.68. The van der Waals surface area contributed by atoms with E-state index in [2.05, 4.69) is 13.8 Å². The van der Waals surface area contributed by atoms with Gasteiger partial charge in [0, 0.05) is 32.5 Å². The van der Waals surface area contributed by atoms with E-state index >= 15 is 0 Å². The molecule has 0 amide bonds. The third-order valence-electron chi connectivity index (χ3n) is 8.51. The summed E-state index contributed by atoms with van der Waals surface area (Å²) < 4.78 is 16.9. The smallest absolute Gasteiger partial charge is 0.302 e. The molecule has 0 unspecified atom stereocenters. The lowest BCUT2D eigenvalue weighted by Gasteiger charge is -2.61. The van der Waals surface area contributed by atoms with Gasteiger partial charge >= 0.3 is 5.97 Å². The molecule has 0 aromatic carbocycles. The van der Waals surface area contributed by atoms with Crippen LogP contribution < -0.4 is 0 Å². The van der Waals surface area contributed by atoms with E-state index in [1.54, 1.807) is 0 Å². The monoisotopic (exact) mass is 394 g/mol. The van der Waals surface area contributed by atoms with Crippen LogP contribution in [0.5, 0.6) is 0 Å². The van der Waals surface area contributed by atoms with E-state index in [4.69, 9.17) is 14.2 Å². The molecule has 2 aliphatic carbocycles. The van der Waals surface area contributed by atoms with E-state index in [1.807, 2.05) is 0 Å². The zero-order valence-corrected chi connectivity index (χ0v) is 17.4. The third-order valence-corrected chi connectivity index (χ3v) is 8.51. The molecule has 1 spiro atoms. The number of aliphatic hydroxyl groups excluding tert-OH is 1. The van der Waals surface area contributed by atoms with Gasteiger partial charge < -0.3 is 19.3 Å². The van der Waals surface area contributed by atoms with Gasteiger partial charge in [0.25, 0.3) is 0 Å². The van der Waals surface area contributed by atoms with E-state index in [-0.39, 0.29) is 35.6 Å². The molecule has 0 aromatic heterocycles. The van der Waals surface area contributed by atoms with Gasteiger partial charge in [-0.15, -0.1) is 0 Å². The molecule has 1 N–H and O–H groups in total. The summed E-state index contributed by atoms with van der Waals surface area (Å²) in [6.07, 6.45) is 4.22. The number of Topliss-reactive ketones (excluding diaryl/α,β-unsaturated/α-hetero) is 1. The van der Waals surface area contributed by atoms with Crippen molar-refractivity contribution in [1.82, 2.24) is 0 Å². The molecule has 4 aliphatic rings. The van der Waals surface area contributed by atoms with E-state index in [0.29, 0.717) is 31.8 Å². The maximum absolute atomic E-state index is 13.5. The summed E-state index contributed by atoms with van der Waals surface area (Å²) in [7, 11) is 0. The van der Waals surface area contributed by atoms with Crippen molar-refractivity contribution in [3.05, 3.63) is 0 Å². The predicted molar refractivity (Wildman–Crippen MR) is 102 cm³/mol. The number of carbonyl (C=O) groups is 2. The van der Waals surface area contributed by atoms with Crippen LogP contribution in [0.2, 0.25) is 0 Å². The first kappa shape index (κ1) is 20.3. The number of fused-ring (bicyclic) bond motifs is 2. The lowest BCUT2D eigenvalue weighted by atomic mass is 9.42. The van der Waals surface area contributed by atoms with Crippen molar-refractivity contribution in [2.24, 2.45) is 28.6 Å². The Balaban J connectivity index is 1.70. The van der Waals surface area contributed by atoms with E-state index in [1.165, 1.54) is 6.92 Å². The van der Waals surface area contributed by atoms with E-state index in [9.17, 15) is 14.7 Å². The molecular formula is C22H34O6. The molecule has 4 rings (SSSR count). The molecule has 0 aromatic rings. The van der Waals surface area contributed by atoms with Gasteiger partial charge in [0.2, 0.25) is 0 Å². The standard InChI is InChI=1S/C22H34O6/c1-14-10-18(25)22(13-27-15(2)23)19(17(24)5-8-21(22)12-28-21)20(14,3)7-4-16-6-9-26-11-16/h14,16-17,19,24H,4-13H2,1-3H3/t14-,16-,17+,19-,20+,21+,22-/m1/s1. The number of epoxide rings is 1. The Morgan fingerprint density at radius 1 is 1.36 bits per heavy atom. The Kier molecular flexibility index (Phi) is 5.12. The van der Waals surface area contributed by atoms with Crippen molar-refractivity contribution in [2.45, 2.75) is 71.0 Å². The topological polar surface area (TPSA) is 85.4 Å². The molecule has 158 valence electrons. The molecule has 6 heteroatoms. The van der Waals surface area contributed by atoms with Crippen molar-refractivity contribution >= 4 is 11.8 Å². The van der Waals surface area contributed by atoms with Crippen molar-refractivity contribution in [3.8, 4) is 0 Å². The Labute approximate surface area is 167 Å². The molecule has 28 heavy (non-hydrogen) atoms. The highest BCUT2D eigenvalue weighted by atomic mass is 16.6. The van der Waals surface area contributed by atoms with Crippen molar-refractivity contribution in [3.63, 3.8) is 0 Å². The van der Waals surface area contributed by atoms with Gasteiger partial charge in [-0.2, -0.15) is 0 Å². The van der Waals surface area contributed by atoms with Gasteiger partial charge in [-0.1, -0.05) is 13.8 Å². The number of esters is 1. The summed E-state index contributed by atoms with van der Waals surface area (Å²) in [5, 5.41) is 11.2. The molecule has 2 saturated heterocycles. The predicted octanol–water partition coefficient (Wildman–Crippen LogP) is 2.51. The Morgan fingerprint density at radius 2 is 2.11 bits per heavy atom. The number of hydrogen-bond acceptors (Lipinski definition) is 6. The van der Waals surface area contributed by atoms with Crippen LogP contribution in [-0.4, -0.2) is 55.0 Å². The highest BCUT2D eigenvalue weighted by Crippen LogP contribution is 2.67. The number of rotatable bonds is 5. The summed E-state index contributed by atoms with van der Waals surface area (Å²) in [5.74, 6) is 0.177. The van der Waals surface area contributed by atoms with Crippen LogP contribution >= 0.6 is 0 Å². The van der Waals surface area contributed by atoms with Crippen LogP contribution in [0.3, 0.4) is 0 Å². The molecule has 7 atom stereocenters. The van der Waals surface area contributed by atoms with Crippen LogP contribution in [0, 0.1) is 28.6 Å². The number of ketones is 1. The summed E-state index contributed by atoms with van der Waals surface area (Å²) in [4.78, 5) is 25.2. The SMILES string of the molecule is CC(=O)OC[C@@]12C(=O)C[C@@H](C)[C@](C)(CC[C@@H]3CCOC3)[C@H]1[C@@H](O)CC[C@]21CO1. The molecule has 4 fully saturated rings. The Bertz CT molecular complexity index is 637. The van der Waals surface area contributed by atoms with Crippen molar-refractivity contribution < 1.29 is 28.9 Å². The molecule has 2 saturated carbocycles. The minimum Gasteiger partial charge on any atom is -0.465 e. The first-order valence-corrected chi connectivity index (χ1v) is 10.8. The van der Waals surface area contributed by atoms with E-state index < -0.39 is 17.1 Å². The zero-order chi connectivity index (χ0) is 20.2. The fraction of sp³-hybridized carbons (Fsp3) is 0.909. The van der Waals surface area contributed by atoms with Gasteiger partial charge in [-0.25, -0.2) is 0 Å².